The third-order valence-corrected chi connectivity index (χ3v) is 4.36. The third-order valence-electron chi connectivity index (χ3n) is 4.06. The number of aromatic nitrogens is 3. The van der Waals surface area contributed by atoms with Gasteiger partial charge in [-0.15, -0.1) is 0 Å². The summed E-state index contributed by atoms with van der Waals surface area (Å²) in [6.07, 6.45) is 4.60. The molecule has 1 aliphatic heterocycles. The van der Waals surface area contributed by atoms with Crippen molar-refractivity contribution < 1.29 is 9.59 Å². The number of imide groups is 1. The van der Waals surface area contributed by atoms with Crippen molar-refractivity contribution in [3.05, 3.63) is 64.7 Å². The highest BCUT2D eigenvalue weighted by atomic mass is 32.1. The Morgan fingerprint density at radius 3 is 2.69 bits per heavy atom. The van der Waals surface area contributed by atoms with Gasteiger partial charge in [0.2, 0.25) is 0 Å². The molecule has 4 rings (SSSR count). The third kappa shape index (κ3) is 2.56. The van der Waals surface area contributed by atoms with Crippen molar-refractivity contribution >= 4 is 47.0 Å². The Balaban J connectivity index is 1.75. The van der Waals surface area contributed by atoms with E-state index in [2.05, 4.69) is 15.1 Å². The number of nitrogens with zero attached hydrogens (tertiary/aromatic N) is 4. The van der Waals surface area contributed by atoms with Gasteiger partial charge in [-0.2, -0.15) is 10.1 Å². The zero-order valence-electron chi connectivity index (χ0n) is 13.7. The quantitative estimate of drug-likeness (QED) is 0.431. The Hall–Kier alpha value is -3.39. The number of hydrogen-bond acceptors (Lipinski definition) is 5. The molecule has 26 heavy (non-hydrogen) atoms. The molecule has 0 atom stereocenters. The van der Waals surface area contributed by atoms with Crippen LogP contribution in [0.4, 0.5) is 0 Å². The molecular weight excluding hydrogens is 350 g/mol. The molecule has 0 aliphatic carbocycles. The summed E-state index contributed by atoms with van der Waals surface area (Å²) in [6.45, 7) is 1.68. The number of carbonyl (C=O) groups excluding carboxylic acids is 2. The van der Waals surface area contributed by atoms with Crippen LogP contribution in [0, 0.1) is 4.77 Å². The second-order valence-electron chi connectivity index (χ2n) is 5.70. The van der Waals surface area contributed by atoms with Crippen molar-refractivity contribution in [3.63, 3.8) is 0 Å². The number of rotatable bonds is 2. The summed E-state index contributed by atoms with van der Waals surface area (Å²) in [5.41, 5.74) is 2.80. The van der Waals surface area contributed by atoms with Crippen molar-refractivity contribution in [2.75, 3.05) is 0 Å². The minimum Gasteiger partial charge on any atom is -0.330 e. The molecule has 2 aromatic heterocycles. The largest absolute Gasteiger partial charge is 0.330 e. The Bertz CT molecular complexity index is 1160. The molecule has 1 N–H and O–H groups in total. The monoisotopic (exact) mass is 363 g/mol. The molecule has 0 fully saturated rings. The maximum absolute atomic E-state index is 12.8. The summed E-state index contributed by atoms with van der Waals surface area (Å²) in [7, 11) is 0. The van der Waals surface area contributed by atoms with Gasteiger partial charge in [0.05, 0.1) is 22.3 Å². The second-order valence-corrected chi connectivity index (χ2v) is 6.09. The summed E-state index contributed by atoms with van der Waals surface area (Å²) in [6, 6.07) is 10.7. The SMILES string of the molecule is CC1=NN(C(=O)c2ccncc2)C(=O)/C1=C\n1c(=S)[nH]c2ccccc21. The van der Waals surface area contributed by atoms with Gasteiger partial charge >= 0.3 is 0 Å². The van der Waals surface area contributed by atoms with E-state index in [1.165, 1.54) is 24.5 Å². The number of carbonyl (C=O) groups is 2. The molecule has 1 aliphatic rings. The lowest BCUT2D eigenvalue weighted by Crippen LogP contribution is -2.29. The van der Waals surface area contributed by atoms with E-state index < -0.39 is 11.8 Å². The number of imidazole rings is 1. The molecule has 0 saturated heterocycles. The van der Waals surface area contributed by atoms with E-state index in [1.807, 2.05) is 24.3 Å². The van der Waals surface area contributed by atoms with E-state index in [1.54, 1.807) is 17.7 Å². The summed E-state index contributed by atoms with van der Waals surface area (Å²) < 4.78 is 2.16. The van der Waals surface area contributed by atoms with E-state index in [0.29, 0.717) is 21.6 Å². The maximum atomic E-state index is 12.8. The smallest absolute Gasteiger partial charge is 0.284 e. The first-order valence-corrected chi connectivity index (χ1v) is 8.22. The summed E-state index contributed by atoms with van der Waals surface area (Å²) in [5, 5.41) is 4.99. The first-order valence-electron chi connectivity index (χ1n) is 7.82. The summed E-state index contributed by atoms with van der Waals surface area (Å²) in [4.78, 5) is 32.2. The van der Waals surface area contributed by atoms with Crippen molar-refractivity contribution in [1.29, 1.82) is 0 Å². The molecule has 0 unspecified atom stereocenters. The molecule has 8 heteroatoms. The lowest BCUT2D eigenvalue weighted by molar-refractivity contribution is -0.123. The lowest BCUT2D eigenvalue weighted by Gasteiger charge is -2.09. The molecule has 0 bridgehead atoms. The van der Waals surface area contributed by atoms with Crippen LogP contribution >= 0.6 is 12.2 Å². The molecule has 3 heterocycles. The summed E-state index contributed by atoms with van der Waals surface area (Å²) in [5.74, 6) is -0.987. The summed E-state index contributed by atoms with van der Waals surface area (Å²) >= 11 is 5.35. The zero-order chi connectivity index (χ0) is 18.3. The van der Waals surface area contributed by atoms with Gasteiger partial charge in [-0.25, -0.2) is 0 Å². The van der Waals surface area contributed by atoms with Gasteiger partial charge in [0.1, 0.15) is 0 Å². The Labute approximate surface area is 153 Å². The normalized spacial score (nSPS) is 15.7. The van der Waals surface area contributed by atoms with E-state index in [-0.39, 0.29) is 0 Å². The number of para-hydroxylation sites is 2. The number of fused-ring (bicyclic) bond motifs is 1. The van der Waals surface area contributed by atoms with Crippen molar-refractivity contribution in [3.8, 4) is 0 Å². The number of benzene rings is 1. The molecule has 2 amide bonds. The van der Waals surface area contributed by atoms with Crippen LogP contribution in [0.15, 0.2) is 59.5 Å². The number of hydrazone groups is 1. The Kier molecular flexibility index (Phi) is 3.81. The second kappa shape index (κ2) is 6.16. The highest BCUT2D eigenvalue weighted by Crippen LogP contribution is 2.21. The van der Waals surface area contributed by atoms with Crippen molar-refractivity contribution in [2.24, 2.45) is 5.10 Å². The molecular formula is C18H13N5O2S. The molecule has 3 aromatic rings. The number of pyridine rings is 1. The molecule has 128 valence electrons. The first-order chi connectivity index (χ1) is 12.6. The van der Waals surface area contributed by atoms with E-state index in [4.69, 9.17) is 12.2 Å². The van der Waals surface area contributed by atoms with Gasteiger partial charge in [0.15, 0.2) is 4.77 Å². The lowest BCUT2D eigenvalue weighted by atomic mass is 10.2. The van der Waals surface area contributed by atoms with Crippen LogP contribution in [-0.4, -0.2) is 37.1 Å². The predicted molar refractivity (Wildman–Crippen MR) is 99.9 cm³/mol. The molecule has 7 nitrogen and oxygen atoms in total. The van der Waals surface area contributed by atoms with Crippen LogP contribution < -0.4 is 0 Å². The van der Waals surface area contributed by atoms with Crippen molar-refractivity contribution in [2.45, 2.75) is 6.92 Å². The number of hydrogen-bond donors (Lipinski definition) is 1. The molecule has 1 aromatic carbocycles. The van der Waals surface area contributed by atoms with E-state index >= 15 is 0 Å². The van der Waals surface area contributed by atoms with Crippen LogP contribution in [0.5, 0.6) is 0 Å². The molecule has 0 spiro atoms. The number of amides is 2. The highest BCUT2D eigenvalue weighted by molar-refractivity contribution is 7.71. The van der Waals surface area contributed by atoms with Gasteiger partial charge < -0.3 is 4.98 Å². The average molecular weight is 363 g/mol. The fourth-order valence-electron chi connectivity index (χ4n) is 2.75. The fourth-order valence-corrected chi connectivity index (χ4v) is 3.01. The average Bonchev–Trinajstić information content (AvgIpc) is 3.13. The van der Waals surface area contributed by atoms with Crippen LogP contribution in [0.3, 0.4) is 0 Å². The molecule has 0 radical (unpaired) electrons. The highest BCUT2D eigenvalue weighted by Gasteiger charge is 2.33. The van der Waals surface area contributed by atoms with Crippen molar-refractivity contribution in [1.82, 2.24) is 19.5 Å². The van der Waals surface area contributed by atoms with Crippen LogP contribution in [0.2, 0.25) is 0 Å². The minimum atomic E-state index is -0.498. The molecule has 0 saturated carbocycles. The predicted octanol–water partition coefficient (Wildman–Crippen LogP) is 2.99. The van der Waals surface area contributed by atoms with Crippen LogP contribution in [0.1, 0.15) is 17.3 Å². The van der Waals surface area contributed by atoms with Gasteiger partial charge in [0, 0.05) is 24.2 Å². The van der Waals surface area contributed by atoms with Gasteiger partial charge in [0.25, 0.3) is 11.8 Å². The maximum Gasteiger partial charge on any atom is 0.284 e. The Morgan fingerprint density at radius 1 is 1.19 bits per heavy atom. The number of nitrogens with one attached hydrogen (secondary N) is 1. The van der Waals surface area contributed by atoms with Gasteiger partial charge in [-0.05, 0) is 43.4 Å². The van der Waals surface area contributed by atoms with E-state index in [9.17, 15) is 9.59 Å². The van der Waals surface area contributed by atoms with Crippen LogP contribution in [0.25, 0.3) is 17.2 Å². The topological polar surface area (TPSA) is 83.3 Å². The minimum absolute atomic E-state index is 0.313. The van der Waals surface area contributed by atoms with E-state index in [0.717, 1.165) is 16.0 Å². The van der Waals surface area contributed by atoms with Gasteiger partial charge in [-0.3, -0.25) is 19.1 Å². The number of aromatic amines is 1. The van der Waals surface area contributed by atoms with Gasteiger partial charge in [-0.1, -0.05) is 12.1 Å². The number of H-pyrrole nitrogens is 1. The standard InChI is InChI=1S/C18H13N5O2S/c1-11-13(10-22-15-5-3-2-4-14(15)20-18(22)26)17(25)23(21-11)16(24)12-6-8-19-9-7-12/h2-10H,1H3,(H,20,26)/b13-10-. The Morgan fingerprint density at radius 2 is 1.92 bits per heavy atom. The first kappa shape index (κ1) is 16.1. The van der Waals surface area contributed by atoms with Crippen LogP contribution in [-0.2, 0) is 4.79 Å². The zero-order valence-corrected chi connectivity index (χ0v) is 14.5. The fraction of sp³-hybridized carbons (Fsp3) is 0.0556.